The minimum atomic E-state index is 0.458. The molecule has 0 radical (unpaired) electrons. The number of pyridine rings is 1. The third kappa shape index (κ3) is 2.36. The number of nitrogens with zero attached hydrogens (tertiary/aromatic N) is 2. The average molecular weight is 325 g/mol. The number of rotatable bonds is 2. The van der Waals surface area contributed by atoms with Crippen LogP contribution >= 0.6 is 15.9 Å². The zero-order chi connectivity index (χ0) is 13.9. The maximum atomic E-state index is 8.74. The van der Waals surface area contributed by atoms with Crippen LogP contribution in [0, 0.1) is 11.3 Å². The van der Waals surface area contributed by atoms with Gasteiger partial charge in [0.25, 0.3) is 0 Å². The summed E-state index contributed by atoms with van der Waals surface area (Å²) in [4.78, 5) is 4.10. The number of hydrogen-bond acceptors (Lipinski definition) is 3. The highest BCUT2D eigenvalue weighted by Gasteiger charge is 2.07. The van der Waals surface area contributed by atoms with Crippen LogP contribution in [0.1, 0.15) is 5.56 Å². The smallest absolute Gasteiger partial charge is 0.219 e. The number of aromatic nitrogens is 1. The normalized spacial score (nSPS) is 10.2. The Bertz CT molecular complexity index is 807. The van der Waals surface area contributed by atoms with E-state index in [1.165, 1.54) is 6.20 Å². The molecule has 4 heteroatoms. The third-order valence-electron chi connectivity index (χ3n) is 2.91. The summed E-state index contributed by atoms with van der Waals surface area (Å²) in [5.41, 5.74) is 0.509. The zero-order valence-corrected chi connectivity index (χ0v) is 12.0. The molecule has 0 saturated heterocycles. The number of fused-ring (bicyclic) bond motifs is 1. The van der Waals surface area contributed by atoms with Gasteiger partial charge in [0.05, 0.1) is 10.0 Å². The topological polar surface area (TPSA) is 45.9 Å². The first kappa shape index (κ1) is 12.6. The van der Waals surface area contributed by atoms with Gasteiger partial charge in [0, 0.05) is 12.3 Å². The molecular weight excluding hydrogens is 316 g/mol. The van der Waals surface area contributed by atoms with Crippen molar-refractivity contribution in [1.29, 1.82) is 5.26 Å². The van der Waals surface area contributed by atoms with Crippen LogP contribution in [0.4, 0.5) is 0 Å². The average Bonchev–Trinajstić information content (AvgIpc) is 2.51. The molecule has 0 spiro atoms. The first-order chi connectivity index (χ1) is 9.78. The Morgan fingerprint density at radius 2 is 1.90 bits per heavy atom. The first-order valence-electron chi connectivity index (χ1n) is 5.99. The van der Waals surface area contributed by atoms with Crippen LogP contribution in [0.15, 0.2) is 59.2 Å². The second-order valence-electron chi connectivity index (χ2n) is 4.20. The number of benzene rings is 2. The second kappa shape index (κ2) is 5.32. The molecule has 0 N–H and O–H groups in total. The summed E-state index contributed by atoms with van der Waals surface area (Å²) in [7, 11) is 0. The van der Waals surface area contributed by atoms with Crippen molar-refractivity contribution in [2.24, 2.45) is 0 Å². The molecule has 1 heterocycles. The lowest BCUT2D eigenvalue weighted by Gasteiger charge is -2.09. The summed E-state index contributed by atoms with van der Waals surface area (Å²) in [5.74, 6) is 1.15. The molecule has 0 amide bonds. The number of ether oxygens (including phenoxy) is 1. The van der Waals surface area contributed by atoms with Gasteiger partial charge >= 0.3 is 0 Å². The van der Waals surface area contributed by atoms with Crippen LogP contribution < -0.4 is 4.74 Å². The van der Waals surface area contributed by atoms with E-state index in [9.17, 15) is 0 Å². The van der Waals surface area contributed by atoms with Crippen molar-refractivity contribution in [3.05, 3.63) is 64.8 Å². The SMILES string of the molecule is N#Cc1ccc(Oc2ccc3ccccc3c2Br)nc1. The molecule has 3 aromatic rings. The molecule has 0 atom stereocenters. The number of halogens is 1. The first-order valence-corrected chi connectivity index (χ1v) is 6.78. The van der Waals surface area contributed by atoms with Crippen LogP contribution in [-0.4, -0.2) is 4.98 Å². The molecule has 0 saturated carbocycles. The Hall–Kier alpha value is -2.38. The van der Waals surface area contributed by atoms with Gasteiger partial charge < -0.3 is 4.74 Å². The third-order valence-corrected chi connectivity index (χ3v) is 3.73. The lowest BCUT2D eigenvalue weighted by molar-refractivity contribution is 0.461. The predicted octanol–water partition coefficient (Wildman–Crippen LogP) is 4.66. The van der Waals surface area contributed by atoms with Gasteiger partial charge in [-0.2, -0.15) is 5.26 Å². The molecule has 0 unspecified atom stereocenters. The Kier molecular flexibility index (Phi) is 3.36. The van der Waals surface area contributed by atoms with Crippen LogP contribution in [0.3, 0.4) is 0 Å². The van der Waals surface area contributed by atoms with E-state index < -0.39 is 0 Å². The highest BCUT2D eigenvalue weighted by molar-refractivity contribution is 9.10. The Balaban J connectivity index is 1.98. The standard InChI is InChI=1S/C16H9BrN2O/c17-16-13-4-2-1-3-12(13)6-7-14(16)20-15-8-5-11(9-18)10-19-15/h1-8,10H. The monoisotopic (exact) mass is 324 g/mol. The van der Waals surface area contributed by atoms with Gasteiger partial charge in [0.2, 0.25) is 5.88 Å². The Morgan fingerprint density at radius 1 is 1.05 bits per heavy atom. The molecule has 0 aliphatic heterocycles. The van der Waals surface area contributed by atoms with Crippen molar-refractivity contribution >= 4 is 26.7 Å². The quantitative estimate of drug-likeness (QED) is 0.688. The molecule has 0 aliphatic carbocycles. The van der Waals surface area contributed by atoms with Gasteiger partial charge in [-0.15, -0.1) is 0 Å². The van der Waals surface area contributed by atoms with Gasteiger partial charge in [-0.3, -0.25) is 0 Å². The maximum Gasteiger partial charge on any atom is 0.219 e. The van der Waals surface area contributed by atoms with Crippen molar-refractivity contribution in [2.45, 2.75) is 0 Å². The predicted molar refractivity (Wildman–Crippen MR) is 80.7 cm³/mol. The van der Waals surface area contributed by atoms with E-state index in [0.717, 1.165) is 15.2 Å². The highest BCUT2D eigenvalue weighted by atomic mass is 79.9. The molecule has 3 rings (SSSR count). The van der Waals surface area contributed by atoms with Gasteiger partial charge in [0.15, 0.2) is 0 Å². The minimum Gasteiger partial charge on any atom is -0.438 e. The fourth-order valence-electron chi connectivity index (χ4n) is 1.91. The second-order valence-corrected chi connectivity index (χ2v) is 4.99. The van der Waals surface area contributed by atoms with Gasteiger partial charge in [-0.25, -0.2) is 4.98 Å². The summed E-state index contributed by atoms with van der Waals surface area (Å²) in [6.07, 6.45) is 1.49. The molecular formula is C16H9BrN2O. The van der Waals surface area contributed by atoms with E-state index >= 15 is 0 Å². The van der Waals surface area contributed by atoms with E-state index in [4.69, 9.17) is 10.00 Å². The maximum absolute atomic E-state index is 8.74. The molecule has 3 nitrogen and oxygen atoms in total. The zero-order valence-electron chi connectivity index (χ0n) is 10.4. The van der Waals surface area contributed by atoms with E-state index in [1.807, 2.05) is 42.5 Å². The largest absolute Gasteiger partial charge is 0.438 e. The van der Waals surface area contributed by atoms with Crippen molar-refractivity contribution in [2.75, 3.05) is 0 Å². The summed E-state index contributed by atoms with van der Waals surface area (Å²) < 4.78 is 6.64. The van der Waals surface area contributed by atoms with Crippen LogP contribution in [0.5, 0.6) is 11.6 Å². The molecule has 0 fully saturated rings. The van der Waals surface area contributed by atoms with E-state index in [2.05, 4.69) is 20.9 Å². The molecule has 2 aromatic carbocycles. The lowest BCUT2D eigenvalue weighted by Crippen LogP contribution is -1.89. The Labute approximate surface area is 124 Å². The number of hydrogen-bond donors (Lipinski definition) is 0. The fraction of sp³-hybridized carbons (Fsp3) is 0. The molecule has 1 aromatic heterocycles. The van der Waals surface area contributed by atoms with E-state index in [1.54, 1.807) is 12.1 Å². The van der Waals surface area contributed by atoms with Crippen molar-refractivity contribution in [3.63, 3.8) is 0 Å². The molecule has 0 aliphatic rings. The van der Waals surface area contributed by atoms with Crippen LogP contribution in [-0.2, 0) is 0 Å². The summed E-state index contributed by atoms with van der Waals surface area (Å²) >= 11 is 3.56. The van der Waals surface area contributed by atoms with Crippen molar-refractivity contribution in [1.82, 2.24) is 4.98 Å². The van der Waals surface area contributed by atoms with Crippen LogP contribution in [0.25, 0.3) is 10.8 Å². The van der Waals surface area contributed by atoms with Gasteiger partial charge in [-0.1, -0.05) is 30.3 Å². The number of nitriles is 1. The van der Waals surface area contributed by atoms with Crippen LogP contribution in [0.2, 0.25) is 0 Å². The highest BCUT2D eigenvalue weighted by Crippen LogP contribution is 2.35. The lowest BCUT2D eigenvalue weighted by atomic mass is 10.1. The van der Waals surface area contributed by atoms with Crippen molar-refractivity contribution in [3.8, 4) is 17.7 Å². The van der Waals surface area contributed by atoms with E-state index in [-0.39, 0.29) is 0 Å². The molecule has 0 bridgehead atoms. The van der Waals surface area contributed by atoms with Crippen molar-refractivity contribution < 1.29 is 4.74 Å². The summed E-state index contributed by atoms with van der Waals surface area (Å²) in [5, 5.41) is 11.0. The van der Waals surface area contributed by atoms with E-state index in [0.29, 0.717) is 17.2 Å². The van der Waals surface area contributed by atoms with Gasteiger partial charge in [0.1, 0.15) is 11.8 Å². The minimum absolute atomic E-state index is 0.458. The summed E-state index contributed by atoms with van der Waals surface area (Å²) in [6, 6.07) is 17.3. The summed E-state index contributed by atoms with van der Waals surface area (Å²) in [6.45, 7) is 0. The van der Waals surface area contributed by atoms with Gasteiger partial charge in [-0.05, 0) is 38.8 Å². The fourth-order valence-corrected chi connectivity index (χ4v) is 2.49. The Morgan fingerprint density at radius 3 is 2.65 bits per heavy atom. The molecule has 20 heavy (non-hydrogen) atoms. The molecule has 96 valence electrons.